The van der Waals surface area contributed by atoms with Gasteiger partial charge in [-0.25, -0.2) is 4.79 Å². The number of hydrogen-bond donors (Lipinski definition) is 0. The molecule has 82 valence electrons. The van der Waals surface area contributed by atoms with Crippen LogP contribution in [-0.2, 0) is 9.53 Å². The van der Waals surface area contributed by atoms with Gasteiger partial charge in [0.1, 0.15) is 6.61 Å². The zero-order valence-corrected chi connectivity index (χ0v) is 8.73. The van der Waals surface area contributed by atoms with E-state index >= 15 is 0 Å². The summed E-state index contributed by atoms with van der Waals surface area (Å²) < 4.78 is 4.70. The lowest BCUT2D eigenvalue weighted by Crippen LogP contribution is -2.01. The second kappa shape index (κ2) is 3.94. The lowest BCUT2D eigenvalue weighted by molar-refractivity contribution is -0.385. The summed E-state index contributed by atoms with van der Waals surface area (Å²) in [5.74, 6) is -0.626. The number of ether oxygens (including phenoxy) is 1. The van der Waals surface area contributed by atoms with Crippen LogP contribution < -0.4 is 0 Å². The van der Waals surface area contributed by atoms with Gasteiger partial charge in [0.2, 0.25) is 0 Å². The molecule has 16 heavy (non-hydrogen) atoms. The van der Waals surface area contributed by atoms with Crippen LogP contribution in [0.5, 0.6) is 0 Å². The van der Waals surface area contributed by atoms with Crippen LogP contribution in [0.1, 0.15) is 5.56 Å². The summed E-state index contributed by atoms with van der Waals surface area (Å²) in [6.45, 7) is -0.0260. The highest BCUT2D eigenvalue weighted by atomic mass is 35.5. The topological polar surface area (TPSA) is 69.4 Å². The van der Waals surface area contributed by atoms with Crippen molar-refractivity contribution in [3.63, 3.8) is 0 Å². The normalized spacial score (nSPS) is 15.2. The first-order chi connectivity index (χ1) is 7.61. The molecule has 0 aliphatic carbocycles. The molecule has 0 bridgehead atoms. The van der Waals surface area contributed by atoms with Crippen LogP contribution in [0.25, 0.3) is 5.57 Å². The van der Waals surface area contributed by atoms with E-state index < -0.39 is 10.9 Å². The van der Waals surface area contributed by atoms with E-state index in [1.54, 1.807) is 6.07 Å². The second-order valence-corrected chi connectivity index (χ2v) is 3.59. The number of carbonyl (C=O) groups excluding carboxylic acids is 1. The highest BCUT2D eigenvalue weighted by Crippen LogP contribution is 2.33. The quantitative estimate of drug-likeness (QED) is 0.450. The number of para-hydroxylation sites is 1. The predicted molar refractivity (Wildman–Crippen MR) is 56.8 cm³/mol. The molecule has 0 unspecified atom stereocenters. The highest BCUT2D eigenvalue weighted by Gasteiger charge is 2.30. The molecule has 5 nitrogen and oxygen atoms in total. The van der Waals surface area contributed by atoms with Gasteiger partial charge >= 0.3 is 5.97 Å². The van der Waals surface area contributed by atoms with Gasteiger partial charge in [-0.05, 0) is 6.07 Å². The zero-order valence-electron chi connectivity index (χ0n) is 7.97. The zero-order chi connectivity index (χ0) is 11.7. The SMILES string of the molecule is O=C1OCC(Cl)=C1c1ccccc1[N+](=O)[O-]. The molecule has 0 atom stereocenters. The van der Waals surface area contributed by atoms with E-state index in [9.17, 15) is 14.9 Å². The number of carbonyl (C=O) groups is 1. The Kier molecular flexibility index (Phi) is 2.62. The lowest BCUT2D eigenvalue weighted by Gasteiger charge is -2.01. The third kappa shape index (κ3) is 1.65. The number of nitro benzene ring substituents is 1. The molecule has 1 heterocycles. The van der Waals surface area contributed by atoms with Crippen molar-refractivity contribution in [3.8, 4) is 0 Å². The standard InChI is InChI=1S/C10H6ClNO4/c11-7-5-16-10(13)9(7)6-3-1-2-4-8(6)12(14)15/h1-4H,5H2. The lowest BCUT2D eigenvalue weighted by atomic mass is 10.0. The van der Waals surface area contributed by atoms with Gasteiger partial charge < -0.3 is 4.74 Å². The van der Waals surface area contributed by atoms with Gasteiger partial charge in [0, 0.05) is 6.07 Å². The Bertz CT molecular complexity index is 509. The summed E-state index contributed by atoms with van der Waals surface area (Å²) in [5.41, 5.74) is 0.114. The van der Waals surface area contributed by atoms with Crippen molar-refractivity contribution in [2.45, 2.75) is 0 Å². The number of nitrogens with zero attached hydrogens (tertiary/aromatic N) is 1. The van der Waals surface area contributed by atoms with Gasteiger partial charge in [-0.2, -0.15) is 0 Å². The van der Waals surface area contributed by atoms with Crippen molar-refractivity contribution in [2.75, 3.05) is 6.61 Å². The summed E-state index contributed by atoms with van der Waals surface area (Å²) in [5, 5.41) is 11.0. The van der Waals surface area contributed by atoms with Crippen LogP contribution in [-0.4, -0.2) is 17.5 Å². The first-order valence-corrected chi connectivity index (χ1v) is 4.78. The minimum atomic E-state index is -0.626. The predicted octanol–water partition coefficient (Wildman–Crippen LogP) is 2.10. The Morgan fingerprint density at radius 1 is 1.38 bits per heavy atom. The number of rotatable bonds is 2. The molecular formula is C10H6ClNO4. The maximum absolute atomic E-state index is 11.4. The smallest absolute Gasteiger partial charge is 0.340 e. The molecule has 0 radical (unpaired) electrons. The molecule has 1 aliphatic rings. The van der Waals surface area contributed by atoms with Crippen LogP contribution >= 0.6 is 11.6 Å². The summed E-state index contributed by atoms with van der Waals surface area (Å²) >= 11 is 5.80. The van der Waals surface area contributed by atoms with Gasteiger partial charge in [-0.3, -0.25) is 10.1 Å². The maximum Gasteiger partial charge on any atom is 0.340 e. The minimum Gasteiger partial charge on any atom is -0.456 e. The molecular weight excluding hydrogens is 234 g/mol. The van der Waals surface area contributed by atoms with E-state index in [1.807, 2.05) is 0 Å². The van der Waals surface area contributed by atoms with Crippen molar-refractivity contribution in [2.24, 2.45) is 0 Å². The second-order valence-electron chi connectivity index (χ2n) is 3.13. The molecule has 1 aromatic carbocycles. The van der Waals surface area contributed by atoms with Crippen LogP contribution in [0.3, 0.4) is 0 Å². The fourth-order valence-corrected chi connectivity index (χ4v) is 1.72. The van der Waals surface area contributed by atoms with E-state index in [0.717, 1.165) is 0 Å². The number of benzene rings is 1. The third-order valence-electron chi connectivity index (χ3n) is 2.18. The first-order valence-electron chi connectivity index (χ1n) is 4.41. The Morgan fingerprint density at radius 2 is 2.06 bits per heavy atom. The number of hydrogen-bond acceptors (Lipinski definition) is 4. The van der Waals surface area contributed by atoms with Gasteiger partial charge in [0.25, 0.3) is 5.69 Å². The Balaban J connectivity index is 2.61. The van der Waals surface area contributed by atoms with Crippen molar-refractivity contribution in [1.82, 2.24) is 0 Å². The van der Waals surface area contributed by atoms with Crippen molar-refractivity contribution in [3.05, 3.63) is 45.0 Å². The number of nitro groups is 1. The number of esters is 1. The molecule has 0 saturated heterocycles. The third-order valence-corrected chi connectivity index (χ3v) is 2.47. The van der Waals surface area contributed by atoms with Crippen molar-refractivity contribution < 1.29 is 14.5 Å². The van der Waals surface area contributed by atoms with Crippen LogP contribution in [0.4, 0.5) is 5.69 Å². The van der Waals surface area contributed by atoms with Crippen molar-refractivity contribution in [1.29, 1.82) is 0 Å². The summed E-state index contributed by atoms with van der Waals surface area (Å²) in [7, 11) is 0. The van der Waals surface area contributed by atoms with E-state index in [0.29, 0.717) is 0 Å². The molecule has 0 saturated carbocycles. The van der Waals surface area contributed by atoms with E-state index in [4.69, 9.17) is 16.3 Å². The van der Waals surface area contributed by atoms with Crippen molar-refractivity contribution >= 4 is 28.8 Å². The molecule has 1 aromatic rings. The average molecular weight is 240 g/mol. The van der Waals surface area contributed by atoms with E-state index in [2.05, 4.69) is 0 Å². The highest BCUT2D eigenvalue weighted by molar-refractivity contribution is 6.40. The Labute approximate surface area is 95.4 Å². The molecule has 0 spiro atoms. The monoisotopic (exact) mass is 239 g/mol. The van der Waals surface area contributed by atoms with Crippen LogP contribution in [0.2, 0.25) is 0 Å². The number of cyclic esters (lactones) is 1. The fourth-order valence-electron chi connectivity index (χ4n) is 1.48. The van der Waals surface area contributed by atoms with Crippen LogP contribution in [0.15, 0.2) is 29.3 Å². The maximum atomic E-state index is 11.4. The van der Waals surface area contributed by atoms with Gasteiger partial charge in [0.15, 0.2) is 0 Å². The average Bonchev–Trinajstić information content (AvgIpc) is 2.58. The first kappa shape index (κ1) is 10.6. The molecule has 0 aromatic heterocycles. The molecule has 1 aliphatic heterocycles. The van der Waals surface area contributed by atoms with Gasteiger partial charge in [-0.15, -0.1) is 0 Å². The molecule has 0 amide bonds. The minimum absolute atomic E-state index is 0.0260. The van der Waals surface area contributed by atoms with Gasteiger partial charge in [-0.1, -0.05) is 23.7 Å². The molecule has 0 N–H and O–H groups in total. The molecule has 6 heteroatoms. The summed E-state index contributed by atoms with van der Waals surface area (Å²) in [6.07, 6.45) is 0. The molecule has 2 rings (SSSR count). The van der Waals surface area contributed by atoms with Gasteiger partial charge in [0.05, 0.1) is 21.1 Å². The van der Waals surface area contributed by atoms with E-state index in [-0.39, 0.29) is 28.5 Å². The van der Waals surface area contributed by atoms with Crippen LogP contribution in [0, 0.1) is 10.1 Å². The summed E-state index contributed by atoms with van der Waals surface area (Å²) in [6, 6.07) is 5.92. The molecule has 0 fully saturated rings. The Morgan fingerprint density at radius 3 is 2.62 bits per heavy atom. The largest absolute Gasteiger partial charge is 0.456 e. The van der Waals surface area contributed by atoms with E-state index in [1.165, 1.54) is 18.2 Å². The Hall–Kier alpha value is -1.88. The summed E-state index contributed by atoms with van der Waals surface area (Å²) in [4.78, 5) is 21.6. The fraction of sp³-hybridized carbons (Fsp3) is 0.100. The number of halogens is 1.